The summed E-state index contributed by atoms with van der Waals surface area (Å²) in [7, 11) is 3.39. The highest BCUT2D eigenvalue weighted by molar-refractivity contribution is 5.54. The Kier molecular flexibility index (Phi) is 6.21. The summed E-state index contributed by atoms with van der Waals surface area (Å²) < 4.78 is 10.7. The molecule has 2 unspecified atom stereocenters. The molecular formula is C18H29NO2. The quantitative estimate of drug-likeness (QED) is 0.759. The smallest absolute Gasteiger partial charge is 0.124 e. The van der Waals surface area contributed by atoms with Crippen LogP contribution < -0.4 is 14.8 Å². The maximum absolute atomic E-state index is 5.34. The molecule has 0 saturated heterocycles. The number of ether oxygens (including phenoxy) is 2. The molecule has 1 aromatic rings. The Bertz CT molecular complexity index is 411. The number of nitrogens with one attached hydrogen (secondary N) is 1. The van der Waals surface area contributed by atoms with E-state index in [1.165, 1.54) is 44.9 Å². The molecule has 1 aromatic carbocycles. The van der Waals surface area contributed by atoms with Crippen molar-refractivity contribution in [1.82, 2.24) is 0 Å². The minimum atomic E-state index is 0.573. The van der Waals surface area contributed by atoms with Gasteiger partial charge in [-0.15, -0.1) is 0 Å². The first kappa shape index (κ1) is 16.0. The minimum Gasteiger partial charge on any atom is -0.497 e. The maximum atomic E-state index is 5.34. The molecule has 21 heavy (non-hydrogen) atoms. The highest BCUT2D eigenvalue weighted by atomic mass is 16.5. The summed E-state index contributed by atoms with van der Waals surface area (Å²) in [6, 6.07) is 6.59. The Morgan fingerprint density at radius 2 is 1.71 bits per heavy atom. The van der Waals surface area contributed by atoms with Crippen LogP contribution in [-0.2, 0) is 0 Å². The molecule has 1 fully saturated rings. The zero-order chi connectivity index (χ0) is 15.1. The van der Waals surface area contributed by atoms with Gasteiger partial charge in [-0.2, -0.15) is 0 Å². The van der Waals surface area contributed by atoms with Crippen LogP contribution in [0.4, 0.5) is 5.69 Å². The Morgan fingerprint density at radius 3 is 2.33 bits per heavy atom. The van der Waals surface area contributed by atoms with Gasteiger partial charge in [0.15, 0.2) is 0 Å². The lowest BCUT2D eigenvalue weighted by Gasteiger charge is -2.19. The third kappa shape index (κ3) is 4.83. The number of methoxy groups -OCH3 is 2. The van der Waals surface area contributed by atoms with Gasteiger partial charge in [0.05, 0.1) is 14.2 Å². The molecule has 0 radical (unpaired) electrons. The molecule has 3 heteroatoms. The SMILES string of the molecule is CCCC1CCCC(Nc2cc(OC)cc(OC)c2)CC1. The van der Waals surface area contributed by atoms with Crippen LogP contribution in [0.25, 0.3) is 0 Å². The third-order valence-corrected chi connectivity index (χ3v) is 4.51. The molecule has 3 nitrogen and oxygen atoms in total. The molecule has 0 bridgehead atoms. The van der Waals surface area contributed by atoms with E-state index >= 15 is 0 Å². The van der Waals surface area contributed by atoms with Crippen molar-refractivity contribution in [2.75, 3.05) is 19.5 Å². The largest absolute Gasteiger partial charge is 0.497 e. The summed E-state index contributed by atoms with van der Waals surface area (Å²) in [6.45, 7) is 2.29. The lowest BCUT2D eigenvalue weighted by atomic mass is 9.95. The van der Waals surface area contributed by atoms with E-state index < -0.39 is 0 Å². The average Bonchev–Trinajstić information content (AvgIpc) is 2.73. The monoisotopic (exact) mass is 291 g/mol. The van der Waals surface area contributed by atoms with Crippen LogP contribution in [-0.4, -0.2) is 20.3 Å². The van der Waals surface area contributed by atoms with Gasteiger partial charge >= 0.3 is 0 Å². The predicted octanol–water partition coefficient (Wildman–Crippen LogP) is 4.86. The fourth-order valence-corrected chi connectivity index (χ4v) is 3.35. The molecule has 2 atom stereocenters. The number of hydrogen-bond donors (Lipinski definition) is 1. The number of hydrogen-bond acceptors (Lipinski definition) is 3. The Morgan fingerprint density at radius 1 is 1.00 bits per heavy atom. The van der Waals surface area contributed by atoms with E-state index in [1.54, 1.807) is 14.2 Å². The van der Waals surface area contributed by atoms with Crippen molar-refractivity contribution in [3.05, 3.63) is 18.2 Å². The van der Waals surface area contributed by atoms with Crippen LogP contribution in [0.15, 0.2) is 18.2 Å². The lowest BCUT2D eigenvalue weighted by Crippen LogP contribution is -2.18. The molecule has 0 aromatic heterocycles. The molecule has 1 aliphatic rings. The van der Waals surface area contributed by atoms with Crippen molar-refractivity contribution >= 4 is 5.69 Å². The number of benzene rings is 1. The van der Waals surface area contributed by atoms with Crippen LogP contribution in [0, 0.1) is 5.92 Å². The molecule has 1 saturated carbocycles. The second-order valence-electron chi connectivity index (χ2n) is 6.11. The summed E-state index contributed by atoms with van der Waals surface area (Å²) >= 11 is 0. The molecule has 0 amide bonds. The summed E-state index contributed by atoms with van der Waals surface area (Å²) in [5, 5.41) is 3.67. The first-order valence-corrected chi connectivity index (χ1v) is 8.24. The van der Waals surface area contributed by atoms with Gasteiger partial charge in [0.25, 0.3) is 0 Å². The first-order chi connectivity index (χ1) is 10.2. The van der Waals surface area contributed by atoms with Crippen molar-refractivity contribution in [3.8, 4) is 11.5 Å². The molecule has 1 aliphatic carbocycles. The van der Waals surface area contributed by atoms with Gasteiger partial charge in [-0.3, -0.25) is 0 Å². The van der Waals surface area contributed by atoms with Gasteiger partial charge in [0.1, 0.15) is 11.5 Å². The van der Waals surface area contributed by atoms with Crippen LogP contribution >= 0.6 is 0 Å². The molecule has 118 valence electrons. The number of anilines is 1. The Labute approximate surface area is 129 Å². The molecule has 2 rings (SSSR count). The van der Waals surface area contributed by atoms with Gasteiger partial charge in [-0.25, -0.2) is 0 Å². The van der Waals surface area contributed by atoms with Gasteiger partial charge in [0.2, 0.25) is 0 Å². The first-order valence-electron chi connectivity index (χ1n) is 8.24. The van der Waals surface area contributed by atoms with Crippen molar-refractivity contribution in [2.24, 2.45) is 5.92 Å². The average molecular weight is 291 g/mol. The Hall–Kier alpha value is -1.38. The van der Waals surface area contributed by atoms with Crippen molar-refractivity contribution in [3.63, 3.8) is 0 Å². The molecule has 0 spiro atoms. The van der Waals surface area contributed by atoms with Crippen molar-refractivity contribution in [1.29, 1.82) is 0 Å². The Balaban J connectivity index is 1.97. The zero-order valence-electron chi connectivity index (χ0n) is 13.7. The third-order valence-electron chi connectivity index (χ3n) is 4.51. The lowest BCUT2D eigenvalue weighted by molar-refractivity contribution is 0.394. The van der Waals surface area contributed by atoms with E-state index in [4.69, 9.17) is 9.47 Å². The van der Waals surface area contributed by atoms with E-state index in [2.05, 4.69) is 24.4 Å². The molecule has 0 heterocycles. The van der Waals surface area contributed by atoms with Crippen LogP contribution in [0.1, 0.15) is 51.9 Å². The van der Waals surface area contributed by atoms with Crippen molar-refractivity contribution in [2.45, 2.75) is 57.9 Å². The van der Waals surface area contributed by atoms with E-state index in [9.17, 15) is 0 Å². The summed E-state index contributed by atoms with van der Waals surface area (Å²) in [5.41, 5.74) is 1.10. The number of rotatable bonds is 6. The van der Waals surface area contributed by atoms with E-state index in [0.717, 1.165) is 23.1 Å². The maximum Gasteiger partial charge on any atom is 0.124 e. The van der Waals surface area contributed by atoms with Crippen LogP contribution in [0.2, 0.25) is 0 Å². The second-order valence-corrected chi connectivity index (χ2v) is 6.11. The topological polar surface area (TPSA) is 30.5 Å². The van der Waals surface area contributed by atoms with Crippen molar-refractivity contribution < 1.29 is 9.47 Å². The van der Waals surface area contributed by atoms with Crippen LogP contribution in [0.3, 0.4) is 0 Å². The van der Waals surface area contributed by atoms with Gasteiger partial charge in [-0.05, 0) is 25.2 Å². The van der Waals surface area contributed by atoms with E-state index in [-0.39, 0.29) is 0 Å². The minimum absolute atomic E-state index is 0.573. The highest BCUT2D eigenvalue weighted by Crippen LogP contribution is 2.31. The van der Waals surface area contributed by atoms with Gasteiger partial charge in [0, 0.05) is 29.9 Å². The molecule has 0 aliphatic heterocycles. The molecular weight excluding hydrogens is 262 g/mol. The normalized spacial score (nSPS) is 22.4. The fraction of sp³-hybridized carbons (Fsp3) is 0.667. The van der Waals surface area contributed by atoms with E-state index in [1.807, 2.05) is 6.07 Å². The standard InChI is InChI=1S/C18H29NO2/c1-4-6-14-7-5-8-15(10-9-14)19-16-11-17(20-2)13-18(12-16)21-3/h11-15,19H,4-10H2,1-3H3. The highest BCUT2D eigenvalue weighted by Gasteiger charge is 2.18. The van der Waals surface area contributed by atoms with E-state index in [0.29, 0.717) is 6.04 Å². The second kappa shape index (κ2) is 8.16. The van der Waals surface area contributed by atoms with Crippen LogP contribution in [0.5, 0.6) is 11.5 Å². The summed E-state index contributed by atoms with van der Waals surface area (Å²) in [4.78, 5) is 0. The fourth-order valence-electron chi connectivity index (χ4n) is 3.35. The zero-order valence-corrected chi connectivity index (χ0v) is 13.7. The molecule has 1 N–H and O–H groups in total. The van der Waals surface area contributed by atoms with Gasteiger partial charge in [-0.1, -0.05) is 32.6 Å². The van der Waals surface area contributed by atoms with Gasteiger partial charge < -0.3 is 14.8 Å². The summed E-state index contributed by atoms with van der Waals surface area (Å²) in [5.74, 6) is 2.62. The summed E-state index contributed by atoms with van der Waals surface area (Å²) in [6.07, 6.45) is 9.32. The predicted molar refractivity (Wildman–Crippen MR) is 88.4 cm³/mol.